The highest BCUT2D eigenvalue weighted by molar-refractivity contribution is 5.95. The van der Waals surface area contributed by atoms with Gasteiger partial charge in [-0.1, -0.05) is 35.5 Å². The summed E-state index contributed by atoms with van der Waals surface area (Å²) < 4.78 is 16.7. The third-order valence-corrected chi connectivity index (χ3v) is 7.24. The molecule has 1 aliphatic rings. The van der Waals surface area contributed by atoms with Crippen LogP contribution in [0, 0.1) is 5.82 Å². The second-order valence-corrected chi connectivity index (χ2v) is 9.92. The molecule has 2 aromatic carbocycles. The molecule has 10 heteroatoms. The van der Waals surface area contributed by atoms with Crippen molar-refractivity contribution in [2.45, 2.75) is 32.2 Å². The average molecular weight is 538 g/mol. The average Bonchev–Trinajstić information content (AvgIpc) is 3.39. The van der Waals surface area contributed by atoms with Gasteiger partial charge in [-0.05, 0) is 55.2 Å². The van der Waals surface area contributed by atoms with Crippen molar-refractivity contribution >= 4 is 33.9 Å². The summed E-state index contributed by atoms with van der Waals surface area (Å²) >= 11 is 0. The minimum atomic E-state index is -0.660. The number of carbonyl (C=O) groups is 2. The van der Waals surface area contributed by atoms with Gasteiger partial charge in [0, 0.05) is 43.2 Å². The van der Waals surface area contributed by atoms with E-state index in [2.05, 4.69) is 20.6 Å². The third kappa shape index (κ3) is 5.25. The van der Waals surface area contributed by atoms with Gasteiger partial charge in [-0.15, -0.1) is 5.10 Å². The number of para-hydroxylation sites is 1. The van der Waals surface area contributed by atoms with Crippen LogP contribution in [0.5, 0.6) is 0 Å². The lowest BCUT2D eigenvalue weighted by Crippen LogP contribution is -2.37. The van der Waals surface area contributed by atoms with Gasteiger partial charge in [-0.3, -0.25) is 14.6 Å². The highest BCUT2D eigenvalue weighted by atomic mass is 19.1. The van der Waals surface area contributed by atoms with Crippen LogP contribution < -0.4 is 5.32 Å². The van der Waals surface area contributed by atoms with Crippen molar-refractivity contribution in [2.24, 2.45) is 0 Å². The van der Waals surface area contributed by atoms with Gasteiger partial charge in [0.05, 0.1) is 23.3 Å². The maximum Gasteiger partial charge on any atom is 0.254 e. The Morgan fingerprint density at radius 2 is 1.82 bits per heavy atom. The molecule has 1 saturated heterocycles. The lowest BCUT2D eigenvalue weighted by Gasteiger charge is -2.26. The molecule has 6 rings (SSSR count). The van der Waals surface area contributed by atoms with Crippen LogP contribution in [0.3, 0.4) is 0 Å². The maximum atomic E-state index is 15.0. The molecule has 0 unspecified atom stereocenters. The molecule has 202 valence electrons. The molecule has 9 nitrogen and oxygen atoms in total. The van der Waals surface area contributed by atoms with Crippen molar-refractivity contribution in [3.63, 3.8) is 0 Å². The van der Waals surface area contributed by atoms with E-state index >= 15 is 4.39 Å². The fourth-order valence-corrected chi connectivity index (χ4v) is 5.12. The molecule has 4 heterocycles. The number of benzene rings is 2. The Labute approximate surface area is 230 Å². The second-order valence-electron chi connectivity index (χ2n) is 9.92. The lowest BCUT2D eigenvalue weighted by molar-refractivity contribution is -0.131. The van der Waals surface area contributed by atoms with Gasteiger partial charge in [0.1, 0.15) is 11.3 Å². The van der Waals surface area contributed by atoms with Crippen LogP contribution in [0.15, 0.2) is 66.9 Å². The van der Waals surface area contributed by atoms with Crippen LogP contribution >= 0.6 is 0 Å². The molecule has 0 aliphatic carbocycles. The zero-order valence-corrected chi connectivity index (χ0v) is 21.9. The minimum Gasteiger partial charge on any atom is -0.351 e. The molecule has 0 bridgehead atoms. The Hall–Kier alpha value is -4.73. The number of halogens is 1. The Balaban J connectivity index is 1.17. The van der Waals surface area contributed by atoms with Crippen molar-refractivity contribution in [3.8, 4) is 11.3 Å². The number of hydrogen-bond acceptors (Lipinski definition) is 6. The van der Waals surface area contributed by atoms with Crippen LogP contribution in [0.4, 0.5) is 4.39 Å². The van der Waals surface area contributed by atoms with E-state index in [1.807, 2.05) is 35.2 Å². The zero-order chi connectivity index (χ0) is 27.5. The fraction of sp³-hybridized carbons (Fsp3) is 0.267. The molecule has 0 saturated carbocycles. The van der Waals surface area contributed by atoms with Crippen molar-refractivity contribution in [1.29, 1.82) is 0 Å². The third-order valence-electron chi connectivity index (χ3n) is 7.24. The molecule has 0 atom stereocenters. The molecule has 1 fully saturated rings. The zero-order valence-electron chi connectivity index (χ0n) is 21.9. The highest BCUT2D eigenvalue weighted by Gasteiger charge is 2.18. The van der Waals surface area contributed by atoms with E-state index in [0.29, 0.717) is 29.0 Å². The van der Waals surface area contributed by atoms with Crippen molar-refractivity contribution in [3.05, 3.63) is 83.8 Å². The number of carbonyl (C=O) groups excluding carboxylic acids is 2. The highest BCUT2D eigenvalue weighted by Crippen LogP contribution is 2.24. The van der Waals surface area contributed by atoms with E-state index in [1.165, 1.54) is 12.1 Å². The minimum absolute atomic E-state index is 0.0164. The first-order chi connectivity index (χ1) is 19.6. The summed E-state index contributed by atoms with van der Waals surface area (Å²) in [5.74, 6) is -1.19. The Bertz CT molecular complexity index is 1710. The summed E-state index contributed by atoms with van der Waals surface area (Å²) in [6.45, 7) is 2.12. The van der Waals surface area contributed by atoms with Crippen molar-refractivity contribution in [2.75, 3.05) is 19.6 Å². The van der Waals surface area contributed by atoms with Crippen LogP contribution in [0.2, 0.25) is 0 Å². The Morgan fingerprint density at radius 1 is 0.975 bits per heavy atom. The first-order valence-corrected chi connectivity index (χ1v) is 13.5. The number of aromatic nitrogens is 5. The number of fused-ring (bicyclic) bond motifs is 2. The van der Waals surface area contributed by atoms with E-state index in [9.17, 15) is 9.59 Å². The summed E-state index contributed by atoms with van der Waals surface area (Å²) in [6, 6.07) is 17.8. The molecule has 0 radical (unpaired) electrons. The van der Waals surface area contributed by atoms with Gasteiger partial charge in [-0.25, -0.2) is 14.1 Å². The fourth-order valence-electron chi connectivity index (χ4n) is 5.12. The van der Waals surface area contributed by atoms with Crippen molar-refractivity contribution in [1.82, 2.24) is 35.2 Å². The predicted octanol–water partition coefficient (Wildman–Crippen LogP) is 4.36. The topological polar surface area (TPSA) is 106 Å². The summed E-state index contributed by atoms with van der Waals surface area (Å²) in [5, 5.41) is 12.2. The van der Waals surface area contributed by atoms with Gasteiger partial charge in [-0.2, -0.15) is 0 Å². The summed E-state index contributed by atoms with van der Waals surface area (Å²) in [4.78, 5) is 36.0. The quantitative estimate of drug-likeness (QED) is 0.331. The lowest BCUT2D eigenvalue weighted by atomic mass is 10.1. The largest absolute Gasteiger partial charge is 0.351 e. The predicted molar refractivity (Wildman–Crippen MR) is 149 cm³/mol. The molecular formula is C30H28FN7O2. The van der Waals surface area contributed by atoms with E-state index in [0.717, 1.165) is 48.8 Å². The number of pyridine rings is 2. The van der Waals surface area contributed by atoms with Crippen molar-refractivity contribution < 1.29 is 14.0 Å². The molecule has 2 amide bonds. The summed E-state index contributed by atoms with van der Waals surface area (Å²) in [5.41, 5.74) is 4.03. The van der Waals surface area contributed by atoms with E-state index in [4.69, 9.17) is 4.98 Å². The number of nitrogens with one attached hydrogen (secondary N) is 1. The number of piperidine rings is 1. The normalized spacial score (nSPS) is 13.6. The van der Waals surface area contributed by atoms with E-state index in [-0.39, 0.29) is 24.4 Å². The molecule has 0 spiro atoms. The van der Waals surface area contributed by atoms with Gasteiger partial charge in [0.15, 0.2) is 5.65 Å². The standard InChI is InChI=1S/C30H28FN7O2/c31-24-18-21(9-10-23(24)30(40)33-15-13-27(39)37-16-2-1-3-17-37)25-11-12-26-29(34-25)38(36-35-26)19-22-7-4-6-20-8-5-14-32-28(20)22/h4-12,14,18H,1-3,13,15-17,19H2,(H,33,40). The van der Waals surface area contributed by atoms with Crippen LogP contribution in [-0.2, 0) is 11.3 Å². The summed E-state index contributed by atoms with van der Waals surface area (Å²) in [6.07, 6.45) is 5.12. The van der Waals surface area contributed by atoms with E-state index in [1.54, 1.807) is 29.1 Å². The molecular weight excluding hydrogens is 509 g/mol. The number of nitrogens with zero attached hydrogens (tertiary/aromatic N) is 6. The van der Waals surface area contributed by atoms with Gasteiger partial charge in [0.25, 0.3) is 5.91 Å². The van der Waals surface area contributed by atoms with Crippen LogP contribution in [0.25, 0.3) is 33.3 Å². The van der Waals surface area contributed by atoms with Gasteiger partial charge < -0.3 is 10.2 Å². The Morgan fingerprint density at radius 3 is 2.67 bits per heavy atom. The smallest absolute Gasteiger partial charge is 0.254 e. The molecule has 40 heavy (non-hydrogen) atoms. The van der Waals surface area contributed by atoms with Crippen LogP contribution in [-0.4, -0.2) is 61.3 Å². The van der Waals surface area contributed by atoms with Crippen LogP contribution in [0.1, 0.15) is 41.6 Å². The number of likely N-dealkylation sites (tertiary alicyclic amines) is 1. The molecule has 5 aromatic rings. The number of hydrogen-bond donors (Lipinski definition) is 1. The van der Waals surface area contributed by atoms with E-state index < -0.39 is 11.7 Å². The Kier molecular flexibility index (Phi) is 7.13. The maximum absolute atomic E-state index is 15.0. The first-order valence-electron chi connectivity index (χ1n) is 13.5. The summed E-state index contributed by atoms with van der Waals surface area (Å²) in [7, 11) is 0. The number of rotatable bonds is 7. The van der Waals surface area contributed by atoms with Gasteiger partial charge in [0.2, 0.25) is 5.91 Å². The molecule has 1 aliphatic heterocycles. The second kappa shape index (κ2) is 11.2. The van der Waals surface area contributed by atoms with Gasteiger partial charge >= 0.3 is 0 Å². The molecule has 3 aromatic heterocycles. The number of amides is 2. The first kappa shape index (κ1) is 25.5. The monoisotopic (exact) mass is 537 g/mol. The molecule has 1 N–H and O–H groups in total. The SMILES string of the molecule is O=C(NCCC(=O)N1CCCCC1)c1ccc(-c2ccc3nnn(Cc4cccc5cccnc45)c3n2)cc1F.